The van der Waals surface area contributed by atoms with E-state index in [1.54, 1.807) is 0 Å². The Labute approximate surface area is 167 Å². The third-order valence-electron chi connectivity index (χ3n) is 5.65. The van der Waals surface area contributed by atoms with Crippen molar-refractivity contribution in [2.75, 3.05) is 0 Å². The van der Waals surface area contributed by atoms with E-state index in [-0.39, 0.29) is 24.0 Å². The number of carboxylic acid groups (broad SMARTS) is 1. The third-order valence-corrected chi connectivity index (χ3v) is 5.65. The summed E-state index contributed by atoms with van der Waals surface area (Å²) in [5.74, 6) is -0.716. The number of hydrogen-bond acceptors (Lipinski definition) is 4. The Kier molecular flexibility index (Phi) is 9.38. The zero-order chi connectivity index (χ0) is 20.4. The van der Waals surface area contributed by atoms with Gasteiger partial charge < -0.3 is 15.3 Å². The lowest BCUT2D eigenvalue weighted by Crippen LogP contribution is -2.22. The minimum absolute atomic E-state index is 0.0485. The van der Waals surface area contributed by atoms with Gasteiger partial charge >= 0.3 is 5.97 Å². The Bertz CT molecular complexity index is 640. The van der Waals surface area contributed by atoms with Gasteiger partial charge in [0.05, 0.1) is 12.2 Å². The van der Waals surface area contributed by atoms with Crippen LogP contribution in [0.2, 0.25) is 0 Å². The highest BCUT2D eigenvalue weighted by Crippen LogP contribution is 2.38. The van der Waals surface area contributed by atoms with Crippen LogP contribution in [0.25, 0.3) is 0 Å². The molecule has 28 heavy (non-hydrogen) atoms. The summed E-state index contributed by atoms with van der Waals surface area (Å²) < 4.78 is 0. The van der Waals surface area contributed by atoms with Gasteiger partial charge in [0.2, 0.25) is 0 Å². The van der Waals surface area contributed by atoms with Crippen molar-refractivity contribution in [3.05, 3.63) is 48.0 Å². The largest absolute Gasteiger partial charge is 0.481 e. The first kappa shape index (κ1) is 22.3. The number of carbonyl (C=O) groups is 2. The molecule has 1 aliphatic carbocycles. The van der Waals surface area contributed by atoms with Crippen LogP contribution < -0.4 is 0 Å². The van der Waals surface area contributed by atoms with Gasteiger partial charge in [-0.1, -0.05) is 42.5 Å². The molecule has 0 saturated heterocycles. The van der Waals surface area contributed by atoms with Gasteiger partial charge in [-0.25, -0.2) is 0 Å². The predicted molar refractivity (Wildman–Crippen MR) is 108 cm³/mol. The average molecular weight is 389 g/mol. The van der Waals surface area contributed by atoms with Crippen LogP contribution in [0.15, 0.2) is 42.5 Å². The number of allylic oxidation sites excluding steroid dienone is 2. The summed E-state index contributed by atoms with van der Waals surface area (Å²) in [6.45, 7) is 0. The molecule has 1 saturated carbocycles. The summed E-state index contributed by atoms with van der Waals surface area (Å²) in [7, 11) is 0. The maximum Gasteiger partial charge on any atom is 0.303 e. The van der Waals surface area contributed by atoms with E-state index in [1.807, 2.05) is 42.5 Å². The minimum atomic E-state index is -0.792. The molecule has 5 heteroatoms. The number of aliphatic hydroxyl groups excluding tert-OH is 2. The Hall–Kier alpha value is -1.98. The maximum absolute atomic E-state index is 12.2. The van der Waals surface area contributed by atoms with Gasteiger partial charge in [-0.05, 0) is 55.9 Å². The summed E-state index contributed by atoms with van der Waals surface area (Å²) in [5, 5.41) is 29.2. The SMILES string of the molecule is O=C(O)CCC/C=C\C[C@@H]1[C@@H](CCC(=O)CCc2ccccc2)[C@H](O)C[C@@H]1O. The second-order valence-corrected chi connectivity index (χ2v) is 7.75. The van der Waals surface area contributed by atoms with Gasteiger partial charge in [0.25, 0.3) is 0 Å². The van der Waals surface area contributed by atoms with Gasteiger partial charge in [-0.2, -0.15) is 0 Å². The topological polar surface area (TPSA) is 94.8 Å². The second-order valence-electron chi connectivity index (χ2n) is 7.75. The van der Waals surface area contributed by atoms with Gasteiger partial charge in [0.1, 0.15) is 5.78 Å². The molecule has 0 unspecified atom stereocenters. The lowest BCUT2D eigenvalue weighted by Gasteiger charge is -2.22. The van der Waals surface area contributed by atoms with E-state index in [0.29, 0.717) is 44.9 Å². The summed E-state index contributed by atoms with van der Waals surface area (Å²) in [5.41, 5.74) is 1.15. The number of carboxylic acids is 1. The van der Waals surface area contributed by atoms with Crippen molar-refractivity contribution in [2.24, 2.45) is 11.8 Å². The highest BCUT2D eigenvalue weighted by molar-refractivity contribution is 5.78. The van der Waals surface area contributed by atoms with E-state index in [9.17, 15) is 19.8 Å². The number of aryl methyl sites for hydroxylation is 1. The Balaban J connectivity index is 1.75. The van der Waals surface area contributed by atoms with E-state index < -0.39 is 18.2 Å². The molecule has 4 atom stereocenters. The molecule has 154 valence electrons. The third kappa shape index (κ3) is 7.56. The van der Waals surface area contributed by atoms with Gasteiger partial charge in [-0.3, -0.25) is 9.59 Å². The molecule has 5 nitrogen and oxygen atoms in total. The number of aliphatic carboxylic acids is 1. The lowest BCUT2D eigenvalue weighted by atomic mass is 9.86. The fourth-order valence-electron chi connectivity index (χ4n) is 4.03. The quantitative estimate of drug-likeness (QED) is 0.376. The van der Waals surface area contributed by atoms with Crippen LogP contribution in [0, 0.1) is 11.8 Å². The number of rotatable bonds is 12. The first-order valence-corrected chi connectivity index (χ1v) is 10.3. The van der Waals surface area contributed by atoms with Gasteiger partial charge in [0.15, 0.2) is 0 Å². The first-order valence-electron chi connectivity index (χ1n) is 10.3. The minimum Gasteiger partial charge on any atom is -0.481 e. The van der Waals surface area contributed by atoms with Crippen molar-refractivity contribution in [1.29, 1.82) is 0 Å². The zero-order valence-corrected chi connectivity index (χ0v) is 16.4. The Morgan fingerprint density at radius 3 is 2.39 bits per heavy atom. The van der Waals surface area contributed by atoms with Crippen molar-refractivity contribution in [3.8, 4) is 0 Å². The summed E-state index contributed by atoms with van der Waals surface area (Å²) in [6.07, 6.45) is 7.52. The highest BCUT2D eigenvalue weighted by Gasteiger charge is 2.40. The van der Waals surface area contributed by atoms with Crippen molar-refractivity contribution in [2.45, 2.75) is 70.0 Å². The fourth-order valence-corrected chi connectivity index (χ4v) is 4.03. The van der Waals surface area contributed by atoms with Crippen molar-refractivity contribution < 1.29 is 24.9 Å². The van der Waals surface area contributed by atoms with Crippen LogP contribution in [-0.2, 0) is 16.0 Å². The molecule has 1 aliphatic rings. The number of Topliss-reactive ketones (excluding diaryl/α,β-unsaturated/α-hetero) is 1. The van der Waals surface area contributed by atoms with Crippen LogP contribution in [-0.4, -0.2) is 39.3 Å². The molecule has 0 radical (unpaired) electrons. The molecular weight excluding hydrogens is 356 g/mol. The molecule has 1 aromatic carbocycles. The van der Waals surface area contributed by atoms with E-state index in [0.717, 1.165) is 12.0 Å². The normalized spacial score (nSPS) is 24.6. The second kappa shape index (κ2) is 11.8. The molecular formula is C23H32O5. The monoisotopic (exact) mass is 388 g/mol. The molecule has 0 heterocycles. The molecule has 2 rings (SSSR count). The number of carbonyl (C=O) groups excluding carboxylic acids is 1. The first-order chi connectivity index (χ1) is 13.5. The number of ketones is 1. The van der Waals surface area contributed by atoms with Gasteiger partial charge in [-0.15, -0.1) is 0 Å². The smallest absolute Gasteiger partial charge is 0.303 e. The van der Waals surface area contributed by atoms with Crippen molar-refractivity contribution in [1.82, 2.24) is 0 Å². The molecule has 0 aliphatic heterocycles. The molecule has 1 aromatic rings. The molecule has 0 spiro atoms. The van der Waals surface area contributed by atoms with E-state index in [2.05, 4.69) is 0 Å². The molecule has 0 aromatic heterocycles. The van der Waals surface area contributed by atoms with Crippen LogP contribution in [0.5, 0.6) is 0 Å². The Morgan fingerprint density at radius 2 is 1.68 bits per heavy atom. The molecule has 1 fully saturated rings. The summed E-state index contributed by atoms with van der Waals surface area (Å²) in [4.78, 5) is 22.8. The number of hydrogen-bond donors (Lipinski definition) is 3. The lowest BCUT2D eigenvalue weighted by molar-refractivity contribution is -0.137. The summed E-state index contributed by atoms with van der Waals surface area (Å²) >= 11 is 0. The molecule has 3 N–H and O–H groups in total. The number of unbranched alkanes of at least 4 members (excludes halogenated alkanes) is 1. The Morgan fingerprint density at radius 1 is 0.964 bits per heavy atom. The van der Waals surface area contributed by atoms with E-state index >= 15 is 0 Å². The highest BCUT2D eigenvalue weighted by atomic mass is 16.4. The fraction of sp³-hybridized carbons (Fsp3) is 0.565. The van der Waals surface area contributed by atoms with Crippen molar-refractivity contribution >= 4 is 11.8 Å². The number of aliphatic hydroxyl groups is 2. The van der Waals surface area contributed by atoms with Crippen LogP contribution in [0.4, 0.5) is 0 Å². The zero-order valence-electron chi connectivity index (χ0n) is 16.4. The van der Waals surface area contributed by atoms with Crippen molar-refractivity contribution in [3.63, 3.8) is 0 Å². The van der Waals surface area contributed by atoms with Crippen LogP contribution >= 0.6 is 0 Å². The van der Waals surface area contributed by atoms with Crippen LogP contribution in [0.3, 0.4) is 0 Å². The predicted octanol–water partition coefficient (Wildman–Crippen LogP) is 3.53. The molecule has 0 bridgehead atoms. The van der Waals surface area contributed by atoms with E-state index in [1.165, 1.54) is 0 Å². The average Bonchev–Trinajstić information content (AvgIpc) is 2.94. The number of benzene rings is 1. The molecule has 0 amide bonds. The maximum atomic E-state index is 12.2. The van der Waals surface area contributed by atoms with E-state index in [4.69, 9.17) is 5.11 Å². The van der Waals surface area contributed by atoms with Gasteiger partial charge in [0, 0.05) is 19.3 Å². The standard InChI is InChI=1S/C23H32O5/c24-18(13-12-17-8-4-3-5-9-17)14-15-20-19(21(25)16-22(20)26)10-6-1-2-7-11-23(27)28/h1,3-6,8-9,19-22,25-26H,2,7,10-16H2,(H,27,28)/b6-1-/t19-,20-,21+,22-/m1/s1. The van der Waals surface area contributed by atoms with Crippen LogP contribution in [0.1, 0.15) is 56.9 Å². The summed E-state index contributed by atoms with van der Waals surface area (Å²) in [6, 6.07) is 9.93.